The molecule has 0 fully saturated rings. The Morgan fingerprint density at radius 1 is 1.38 bits per heavy atom. The molecule has 21 heavy (non-hydrogen) atoms. The first-order chi connectivity index (χ1) is 9.94. The van der Waals surface area contributed by atoms with E-state index in [1.165, 1.54) is 0 Å². The number of carbonyl (C=O) groups is 1. The highest BCUT2D eigenvalue weighted by Gasteiger charge is 2.29. The Balaban J connectivity index is 1.83. The summed E-state index contributed by atoms with van der Waals surface area (Å²) in [5.74, 6) is 2.39. The first kappa shape index (κ1) is 15.8. The molecular weight excluding hydrogens is 294 g/mol. The molecular formula is C15H20ClNO4. The van der Waals surface area contributed by atoms with Gasteiger partial charge in [0.15, 0.2) is 11.5 Å². The van der Waals surface area contributed by atoms with Crippen LogP contribution in [0.3, 0.4) is 0 Å². The second-order valence-corrected chi connectivity index (χ2v) is 5.88. The van der Waals surface area contributed by atoms with E-state index in [9.17, 15) is 4.79 Å². The molecule has 0 atom stereocenters. The molecule has 0 spiro atoms. The number of carbonyl (C=O) groups excluding carboxylic acids is 1. The smallest absolute Gasteiger partial charge is 0.231 e. The zero-order valence-electron chi connectivity index (χ0n) is 12.5. The van der Waals surface area contributed by atoms with Gasteiger partial charge >= 0.3 is 0 Å². The number of ether oxygens (including phenoxy) is 3. The first-order valence-electron chi connectivity index (χ1n) is 6.78. The number of amides is 1. The van der Waals surface area contributed by atoms with Crippen molar-refractivity contribution in [3.8, 4) is 17.2 Å². The second kappa shape index (κ2) is 6.43. The predicted molar refractivity (Wildman–Crippen MR) is 80.2 cm³/mol. The van der Waals surface area contributed by atoms with Gasteiger partial charge in [-0.05, 0) is 26.0 Å². The Morgan fingerprint density at radius 2 is 2.10 bits per heavy atom. The molecule has 0 saturated carbocycles. The number of hydrogen-bond donors (Lipinski definition) is 0. The molecule has 0 N–H and O–H groups in total. The maximum Gasteiger partial charge on any atom is 0.231 e. The maximum atomic E-state index is 12.1. The molecule has 1 aliphatic heterocycles. The molecule has 5 nitrogen and oxygen atoms in total. The van der Waals surface area contributed by atoms with Crippen molar-refractivity contribution in [2.75, 3.05) is 32.9 Å². The molecule has 1 heterocycles. The van der Waals surface area contributed by atoms with Gasteiger partial charge in [0.25, 0.3) is 0 Å². The standard InChI is InChI=1S/C15H20ClNO4/c1-15(2,9-16)14(18)17(3)6-7-19-11-4-5-12-13(8-11)21-10-20-12/h4-5,8H,6-7,9-10H2,1-3H3. The van der Waals surface area contributed by atoms with Gasteiger partial charge in [0, 0.05) is 19.0 Å². The number of rotatable bonds is 6. The van der Waals surface area contributed by atoms with Crippen LogP contribution in [0.1, 0.15) is 13.8 Å². The van der Waals surface area contributed by atoms with E-state index in [2.05, 4.69) is 0 Å². The lowest BCUT2D eigenvalue weighted by Gasteiger charge is -2.27. The van der Waals surface area contributed by atoms with Gasteiger partial charge in [0.1, 0.15) is 12.4 Å². The van der Waals surface area contributed by atoms with Crippen LogP contribution < -0.4 is 14.2 Å². The average molecular weight is 314 g/mol. The van der Waals surface area contributed by atoms with E-state index in [1.807, 2.05) is 26.0 Å². The zero-order chi connectivity index (χ0) is 15.5. The summed E-state index contributed by atoms with van der Waals surface area (Å²) in [4.78, 5) is 13.8. The number of halogens is 1. The van der Waals surface area contributed by atoms with Crippen LogP contribution in [-0.4, -0.2) is 43.7 Å². The van der Waals surface area contributed by atoms with Crippen molar-refractivity contribution in [1.29, 1.82) is 0 Å². The van der Waals surface area contributed by atoms with Crippen molar-refractivity contribution in [3.05, 3.63) is 18.2 Å². The van der Waals surface area contributed by atoms with Crippen LogP contribution in [0.15, 0.2) is 18.2 Å². The van der Waals surface area contributed by atoms with Crippen LogP contribution >= 0.6 is 11.6 Å². The molecule has 1 aromatic rings. The van der Waals surface area contributed by atoms with Gasteiger partial charge in [-0.3, -0.25) is 4.79 Å². The third-order valence-corrected chi connectivity index (χ3v) is 3.97. The minimum absolute atomic E-state index is 0.00628. The van der Waals surface area contributed by atoms with Crippen LogP contribution in [0.4, 0.5) is 0 Å². The monoisotopic (exact) mass is 313 g/mol. The predicted octanol–water partition coefficient (Wildman–Crippen LogP) is 2.52. The third-order valence-electron chi connectivity index (χ3n) is 3.30. The van der Waals surface area contributed by atoms with Crippen molar-refractivity contribution >= 4 is 17.5 Å². The molecule has 0 saturated heterocycles. The summed E-state index contributed by atoms with van der Waals surface area (Å²) >= 11 is 5.81. The molecule has 1 aliphatic rings. The van der Waals surface area contributed by atoms with E-state index in [0.29, 0.717) is 30.5 Å². The molecule has 1 aromatic carbocycles. The first-order valence-corrected chi connectivity index (χ1v) is 7.31. The molecule has 0 unspecified atom stereocenters. The summed E-state index contributed by atoms with van der Waals surface area (Å²) in [6, 6.07) is 5.41. The topological polar surface area (TPSA) is 48.0 Å². The van der Waals surface area contributed by atoms with Crippen molar-refractivity contribution in [3.63, 3.8) is 0 Å². The largest absolute Gasteiger partial charge is 0.492 e. The van der Waals surface area contributed by atoms with Gasteiger partial charge < -0.3 is 19.1 Å². The lowest BCUT2D eigenvalue weighted by Crippen LogP contribution is -2.41. The van der Waals surface area contributed by atoms with Crippen molar-refractivity contribution in [2.24, 2.45) is 5.41 Å². The molecule has 0 aromatic heterocycles. The Labute approximate surface area is 129 Å². The Kier molecular flexibility index (Phi) is 4.83. The average Bonchev–Trinajstić information content (AvgIpc) is 2.93. The van der Waals surface area contributed by atoms with Crippen molar-refractivity contribution in [1.82, 2.24) is 4.90 Å². The number of likely N-dealkylation sites (N-methyl/N-ethyl adjacent to an activating group) is 1. The Morgan fingerprint density at radius 3 is 2.81 bits per heavy atom. The number of alkyl halides is 1. The van der Waals surface area contributed by atoms with Crippen molar-refractivity contribution in [2.45, 2.75) is 13.8 Å². The van der Waals surface area contributed by atoms with E-state index in [0.717, 1.165) is 5.75 Å². The minimum Gasteiger partial charge on any atom is -0.492 e. The fraction of sp³-hybridized carbons (Fsp3) is 0.533. The quantitative estimate of drug-likeness (QED) is 0.757. The molecule has 116 valence electrons. The summed E-state index contributed by atoms with van der Waals surface area (Å²) in [7, 11) is 1.75. The lowest BCUT2D eigenvalue weighted by atomic mass is 9.94. The molecule has 2 rings (SSSR count). The van der Waals surface area contributed by atoms with Crippen LogP contribution in [0.2, 0.25) is 0 Å². The number of hydrogen-bond acceptors (Lipinski definition) is 4. The zero-order valence-corrected chi connectivity index (χ0v) is 13.3. The molecule has 0 aliphatic carbocycles. The highest BCUT2D eigenvalue weighted by Crippen LogP contribution is 2.35. The van der Waals surface area contributed by atoms with Crippen molar-refractivity contribution < 1.29 is 19.0 Å². The van der Waals surface area contributed by atoms with Crippen LogP contribution in [0, 0.1) is 5.41 Å². The van der Waals surface area contributed by atoms with E-state index in [1.54, 1.807) is 18.0 Å². The van der Waals surface area contributed by atoms with Gasteiger partial charge in [0.2, 0.25) is 12.7 Å². The summed E-state index contributed by atoms with van der Waals surface area (Å²) in [5, 5.41) is 0. The summed E-state index contributed by atoms with van der Waals surface area (Å²) < 4.78 is 16.2. The second-order valence-electron chi connectivity index (χ2n) is 5.61. The minimum atomic E-state index is -0.560. The molecule has 0 bridgehead atoms. The fourth-order valence-corrected chi connectivity index (χ4v) is 2.06. The summed E-state index contributed by atoms with van der Waals surface area (Å²) in [6.45, 7) is 4.80. The van der Waals surface area contributed by atoms with Gasteiger partial charge in [-0.15, -0.1) is 11.6 Å². The van der Waals surface area contributed by atoms with Gasteiger partial charge in [0.05, 0.1) is 12.0 Å². The van der Waals surface area contributed by atoms with Gasteiger partial charge in [-0.2, -0.15) is 0 Å². The van der Waals surface area contributed by atoms with Crippen LogP contribution in [-0.2, 0) is 4.79 Å². The normalized spacial score (nSPS) is 13.1. The van der Waals surface area contributed by atoms with Gasteiger partial charge in [-0.25, -0.2) is 0 Å². The SMILES string of the molecule is CN(CCOc1ccc2c(c1)OCO2)C(=O)C(C)(C)CCl. The Hall–Kier alpha value is -1.62. The number of fused-ring (bicyclic) bond motifs is 1. The van der Waals surface area contributed by atoms with E-state index >= 15 is 0 Å². The fourth-order valence-electron chi connectivity index (χ4n) is 1.94. The Bertz CT molecular complexity index is 518. The van der Waals surface area contributed by atoms with E-state index in [4.69, 9.17) is 25.8 Å². The van der Waals surface area contributed by atoms with E-state index in [-0.39, 0.29) is 12.7 Å². The highest BCUT2D eigenvalue weighted by atomic mass is 35.5. The molecule has 0 radical (unpaired) electrons. The van der Waals surface area contributed by atoms with Crippen LogP contribution in [0.5, 0.6) is 17.2 Å². The van der Waals surface area contributed by atoms with E-state index < -0.39 is 5.41 Å². The maximum absolute atomic E-state index is 12.1. The lowest BCUT2D eigenvalue weighted by molar-refractivity contribution is -0.138. The highest BCUT2D eigenvalue weighted by molar-refractivity contribution is 6.19. The van der Waals surface area contributed by atoms with Gasteiger partial charge in [-0.1, -0.05) is 0 Å². The number of nitrogens with zero attached hydrogens (tertiary/aromatic N) is 1. The van der Waals surface area contributed by atoms with Crippen LogP contribution in [0.25, 0.3) is 0 Å². The summed E-state index contributed by atoms with van der Waals surface area (Å²) in [6.07, 6.45) is 0. The molecule has 6 heteroatoms. The number of benzene rings is 1. The molecule has 1 amide bonds. The third kappa shape index (κ3) is 3.73. The summed E-state index contributed by atoms with van der Waals surface area (Å²) in [5.41, 5.74) is -0.560.